The van der Waals surface area contributed by atoms with Crippen LogP contribution in [0.1, 0.15) is 11.1 Å². The first-order valence-corrected chi connectivity index (χ1v) is 5.03. The molecular formula is C12H14N2O. The van der Waals surface area contributed by atoms with Gasteiger partial charge in [-0.3, -0.25) is 4.98 Å². The van der Waals surface area contributed by atoms with Crippen LogP contribution in [0.25, 0.3) is 0 Å². The molecule has 0 bridgehead atoms. The molecular weight excluding hydrogens is 188 g/mol. The van der Waals surface area contributed by atoms with Crippen molar-refractivity contribution in [1.29, 1.82) is 0 Å². The van der Waals surface area contributed by atoms with E-state index in [1.165, 1.54) is 5.56 Å². The van der Waals surface area contributed by atoms with Gasteiger partial charge in [0.1, 0.15) is 0 Å². The van der Waals surface area contributed by atoms with E-state index in [1.807, 2.05) is 30.7 Å². The van der Waals surface area contributed by atoms with Crippen molar-refractivity contribution in [2.75, 3.05) is 0 Å². The Balaban J connectivity index is 1.93. The third-order valence-corrected chi connectivity index (χ3v) is 2.38. The van der Waals surface area contributed by atoms with Crippen molar-refractivity contribution in [3.05, 3.63) is 54.1 Å². The maximum atomic E-state index is 8.91. The van der Waals surface area contributed by atoms with Gasteiger partial charge in [0.05, 0.1) is 6.61 Å². The number of aliphatic hydroxyl groups is 1. The summed E-state index contributed by atoms with van der Waals surface area (Å²) in [7, 11) is 0. The SMILES string of the molecule is OCc1ccn(CCc2cccnc2)c1. The molecule has 0 aliphatic carbocycles. The van der Waals surface area contributed by atoms with Crippen LogP contribution in [-0.2, 0) is 19.6 Å². The quantitative estimate of drug-likeness (QED) is 0.818. The maximum Gasteiger partial charge on any atom is 0.0696 e. The Hall–Kier alpha value is -1.61. The van der Waals surface area contributed by atoms with Gasteiger partial charge in [-0.05, 0) is 29.7 Å². The molecule has 3 heteroatoms. The summed E-state index contributed by atoms with van der Waals surface area (Å²) < 4.78 is 2.08. The number of nitrogens with zero attached hydrogens (tertiary/aromatic N) is 2. The lowest BCUT2D eigenvalue weighted by atomic mass is 10.2. The van der Waals surface area contributed by atoms with Crippen LogP contribution in [0.4, 0.5) is 0 Å². The summed E-state index contributed by atoms with van der Waals surface area (Å²) in [4.78, 5) is 4.07. The summed E-state index contributed by atoms with van der Waals surface area (Å²) in [5.41, 5.74) is 2.19. The van der Waals surface area contributed by atoms with Gasteiger partial charge in [0.25, 0.3) is 0 Å². The third-order valence-electron chi connectivity index (χ3n) is 2.38. The zero-order chi connectivity index (χ0) is 10.5. The summed E-state index contributed by atoms with van der Waals surface area (Å²) in [5.74, 6) is 0. The Morgan fingerprint density at radius 2 is 2.20 bits per heavy atom. The molecule has 2 rings (SSSR count). The van der Waals surface area contributed by atoms with Crippen molar-refractivity contribution in [3.8, 4) is 0 Å². The van der Waals surface area contributed by atoms with Crippen LogP contribution in [0.5, 0.6) is 0 Å². The van der Waals surface area contributed by atoms with Gasteiger partial charge in [-0.15, -0.1) is 0 Å². The molecule has 2 heterocycles. The number of aryl methyl sites for hydroxylation is 2. The van der Waals surface area contributed by atoms with Gasteiger partial charge in [0.15, 0.2) is 0 Å². The zero-order valence-electron chi connectivity index (χ0n) is 8.50. The molecule has 0 amide bonds. The van der Waals surface area contributed by atoms with Gasteiger partial charge < -0.3 is 9.67 Å². The summed E-state index contributed by atoms with van der Waals surface area (Å²) >= 11 is 0. The van der Waals surface area contributed by atoms with Gasteiger partial charge in [-0.2, -0.15) is 0 Å². The van der Waals surface area contributed by atoms with E-state index < -0.39 is 0 Å². The highest BCUT2D eigenvalue weighted by atomic mass is 16.3. The van der Waals surface area contributed by atoms with Crippen LogP contribution in [-0.4, -0.2) is 14.7 Å². The van der Waals surface area contributed by atoms with Crippen LogP contribution < -0.4 is 0 Å². The number of pyridine rings is 1. The minimum absolute atomic E-state index is 0.111. The number of aromatic nitrogens is 2. The van der Waals surface area contributed by atoms with Gasteiger partial charge in [0, 0.05) is 31.3 Å². The second kappa shape index (κ2) is 4.75. The van der Waals surface area contributed by atoms with Gasteiger partial charge in [0.2, 0.25) is 0 Å². The first kappa shape index (κ1) is 9.93. The molecule has 3 nitrogen and oxygen atoms in total. The summed E-state index contributed by atoms with van der Waals surface area (Å²) in [5, 5.41) is 8.91. The van der Waals surface area contributed by atoms with E-state index in [2.05, 4.69) is 15.6 Å². The summed E-state index contributed by atoms with van der Waals surface area (Å²) in [6.45, 7) is 1.03. The number of hydrogen-bond donors (Lipinski definition) is 1. The minimum atomic E-state index is 0.111. The van der Waals surface area contributed by atoms with Crippen molar-refractivity contribution in [2.24, 2.45) is 0 Å². The molecule has 15 heavy (non-hydrogen) atoms. The predicted molar refractivity (Wildman–Crippen MR) is 58.3 cm³/mol. The standard InChI is InChI=1S/C12H14N2O/c15-10-12-4-7-14(9-12)6-3-11-2-1-5-13-8-11/h1-2,4-5,7-9,15H,3,6,10H2. The van der Waals surface area contributed by atoms with Crippen LogP contribution in [0, 0.1) is 0 Å². The highest BCUT2D eigenvalue weighted by molar-refractivity contribution is 5.11. The minimum Gasteiger partial charge on any atom is -0.392 e. The largest absolute Gasteiger partial charge is 0.392 e. The monoisotopic (exact) mass is 202 g/mol. The predicted octanol–water partition coefficient (Wildman–Crippen LogP) is 1.62. The molecule has 0 aliphatic rings. The average Bonchev–Trinajstić information content (AvgIpc) is 2.76. The molecule has 0 aliphatic heterocycles. The molecule has 0 fully saturated rings. The Kier molecular flexibility index (Phi) is 3.15. The highest BCUT2D eigenvalue weighted by Gasteiger charge is 1.96. The normalized spacial score (nSPS) is 10.5. The summed E-state index contributed by atoms with van der Waals surface area (Å²) in [6.07, 6.45) is 8.59. The van der Waals surface area contributed by atoms with E-state index in [4.69, 9.17) is 5.11 Å². The fraction of sp³-hybridized carbons (Fsp3) is 0.250. The second-order valence-corrected chi connectivity index (χ2v) is 3.53. The third kappa shape index (κ3) is 2.67. The number of rotatable bonds is 4. The fourth-order valence-corrected chi connectivity index (χ4v) is 1.53. The van der Waals surface area contributed by atoms with Crippen LogP contribution in [0.2, 0.25) is 0 Å². The number of aliphatic hydroxyl groups excluding tert-OH is 1. The molecule has 0 spiro atoms. The van der Waals surface area contributed by atoms with Gasteiger partial charge in [-0.25, -0.2) is 0 Å². The molecule has 0 unspecified atom stereocenters. The van der Waals surface area contributed by atoms with Crippen molar-refractivity contribution in [3.63, 3.8) is 0 Å². The lowest BCUT2D eigenvalue weighted by Crippen LogP contribution is -1.98. The van der Waals surface area contributed by atoms with Crippen LogP contribution in [0.3, 0.4) is 0 Å². The van der Waals surface area contributed by atoms with E-state index >= 15 is 0 Å². The first-order chi connectivity index (χ1) is 7.38. The Morgan fingerprint density at radius 3 is 2.87 bits per heavy atom. The molecule has 2 aromatic heterocycles. The Morgan fingerprint density at radius 1 is 1.27 bits per heavy atom. The van der Waals surface area contributed by atoms with Crippen LogP contribution >= 0.6 is 0 Å². The fourth-order valence-electron chi connectivity index (χ4n) is 1.53. The lowest BCUT2D eigenvalue weighted by Gasteiger charge is -2.02. The van der Waals surface area contributed by atoms with Crippen molar-refractivity contribution in [1.82, 2.24) is 9.55 Å². The first-order valence-electron chi connectivity index (χ1n) is 5.03. The van der Waals surface area contributed by atoms with Crippen molar-refractivity contribution >= 4 is 0 Å². The van der Waals surface area contributed by atoms with E-state index in [1.54, 1.807) is 6.20 Å². The van der Waals surface area contributed by atoms with Gasteiger partial charge in [-0.1, -0.05) is 6.07 Å². The molecule has 1 N–H and O–H groups in total. The molecule has 0 aromatic carbocycles. The second-order valence-electron chi connectivity index (χ2n) is 3.53. The van der Waals surface area contributed by atoms with E-state index in [0.29, 0.717) is 0 Å². The molecule has 78 valence electrons. The Bertz CT molecular complexity index is 409. The maximum absolute atomic E-state index is 8.91. The molecule has 0 atom stereocenters. The lowest BCUT2D eigenvalue weighted by molar-refractivity contribution is 0.281. The molecule has 0 saturated heterocycles. The molecule has 0 radical (unpaired) electrons. The van der Waals surface area contributed by atoms with Crippen molar-refractivity contribution in [2.45, 2.75) is 19.6 Å². The average molecular weight is 202 g/mol. The molecule has 0 saturated carbocycles. The topological polar surface area (TPSA) is 38.0 Å². The zero-order valence-corrected chi connectivity index (χ0v) is 8.50. The molecule has 2 aromatic rings. The van der Waals surface area contributed by atoms with E-state index in [0.717, 1.165) is 18.5 Å². The Labute approximate surface area is 89.0 Å². The number of hydrogen-bond acceptors (Lipinski definition) is 2. The van der Waals surface area contributed by atoms with Crippen LogP contribution in [0.15, 0.2) is 43.0 Å². The van der Waals surface area contributed by atoms with E-state index in [9.17, 15) is 0 Å². The smallest absolute Gasteiger partial charge is 0.0696 e. The highest BCUT2D eigenvalue weighted by Crippen LogP contribution is 2.04. The van der Waals surface area contributed by atoms with Crippen molar-refractivity contribution < 1.29 is 5.11 Å². The van der Waals surface area contributed by atoms with Gasteiger partial charge >= 0.3 is 0 Å². The summed E-state index contributed by atoms with van der Waals surface area (Å²) in [6, 6.07) is 5.96. The van der Waals surface area contributed by atoms with E-state index in [-0.39, 0.29) is 6.61 Å².